The van der Waals surface area contributed by atoms with Crippen LogP contribution in [-0.2, 0) is 5.75 Å². The van der Waals surface area contributed by atoms with E-state index in [9.17, 15) is 18.0 Å². The Hall–Kier alpha value is -3.93. The molecule has 2 aromatic heterocycles. The minimum absolute atomic E-state index is 0.0716. The van der Waals surface area contributed by atoms with Gasteiger partial charge in [0, 0.05) is 23.8 Å². The van der Waals surface area contributed by atoms with Crippen molar-refractivity contribution < 1.29 is 22.7 Å². The second-order valence-corrected chi connectivity index (χ2v) is 7.87. The number of aryl methyl sites for hydroxylation is 1. The fourth-order valence-electron chi connectivity index (χ4n) is 2.99. The topological polar surface area (TPSA) is 94.8 Å². The van der Waals surface area contributed by atoms with Crippen LogP contribution >= 0.6 is 11.8 Å². The summed E-state index contributed by atoms with van der Waals surface area (Å²) < 4.78 is 42.8. The summed E-state index contributed by atoms with van der Waals surface area (Å²) in [6, 6.07) is 14.1. The van der Waals surface area contributed by atoms with Crippen LogP contribution in [0.3, 0.4) is 0 Å². The Morgan fingerprint density at radius 3 is 2.44 bits per heavy atom. The third kappa shape index (κ3) is 5.70. The fraction of sp³-hybridized carbons (Fsp3) is 0.136. The first-order chi connectivity index (χ1) is 16.3. The first-order valence-corrected chi connectivity index (χ1v) is 10.9. The third-order valence-electron chi connectivity index (χ3n) is 4.57. The number of benzene rings is 2. The van der Waals surface area contributed by atoms with Crippen LogP contribution < -0.4 is 10.1 Å². The van der Waals surface area contributed by atoms with E-state index < -0.39 is 12.3 Å². The number of para-hydroxylation sites is 1. The van der Waals surface area contributed by atoms with Gasteiger partial charge in [0.25, 0.3) is 5.91 Å². The predicted molar refractivity (Wildman–Crippen MR) is 119 cm³/mol. The maximum absolute atomic E-state index is 13.0. The van der Waals surface area contributed by atoms with Crippen molar-refractivity contribution >= 4 is 23.4 Å². The van der Waals surface area contributed by atoms with E-state index in [1.165, 1.54) is 28.6 Å². The molecule has 4 aromatic rings. The zero-order chi connectivity index (χ0) is 24.1. The number of ether oxygens (including phenoxy) is 1. The van der Waals surface area contributed by atoms with Gasteiger partial charge in [-0.15, -0.1) is 18.3 Å². The van der Waals surface area contributed by atoms with E-state index in [2.05, 4.69) is 30.3 Å². The van der Waals surface area contributed by atoms with Crippen molar-refractivity contribution in [2.45, 2.75) is 24.2 Å². The number of anilines is 1. The number of carbonyl (C=O) groups is 1. The van der Waals surface area contributed by atoms with Crippen LogP contribution in [0.1, 0.15) is 21.7 Å². The van der Waals surface area contributed by atoms with E-state index in [0.717, 1.165) is 17.7 Å². The monoisotopic (exact) mass is 486 g/mol. The van der Waals surface area contributed by atoms with E-state index in [4.69, 9.17) is 0 Å². The van der Waals surface area contributed by atoms with Gasteiger partial charge in [0.05, 0.1) is 11.4 Å². The highest BCUT2D eigenvalue weighted by Crippen LogP contribution is 2.27. The number of aromatic nitrogens is 5. The summed E-state index contributed by atoms with van der Waals surface area (Å²) in [7, 11) is 0. The van der Waals surface area contributed by atoms with Crippen molar-refractivity contribution in [2.75, 3.05) is 5.32 Å². The first-order valence-electron chi connectivity index (χ1n) is 9.88. The minimum Gasteiger partial charge on any atom is -0.406 e. The van der Waals surface area contributed by atoms with E-state index >= 15 is 0 Å². The molecule has 0 saturated carbocycles. The van der Waals surface area contributed by atoms with Crippen LogP contribution in [0.4, 0.5) is 18.9 Å². The summed E-state index contributed by atoms with van der Waals surface area (Å²) in [5.41, 5.74) is 2.40. The van der Waals surface area contributed by atoms with E-state index in [0.29, 0.717) is 22.2 Å². The Bertz CT molecular complexity index is 1280. The summed E-state index contributed by atoms with van der Waals surface area (Å²) in [6.45, 7) is 1.86. The van der Waals surface area contributed by atoms with Crippen LogP contribution in [-0.4, -0.2) is 37.2 Å². The Kier molecular flexibility index (Phi) is 6.77. The summed E-state index contributed by atoms with van der Waals surface area (Å²) in [6.07, 6.45) is -1.61. The van der Waals surface area contributed by atoms with E-state index in [-0.39, 0.29) is 17.2 Å². The Balaban J connectivity index is 1.65. The van der Waals surface area contributed by atoms with Gasteiger partial charge in [-0.25, -0.2) is 14.6 Å². The van der Waals surface area contributed by atoms with Gasteiger partial charge in [-0.05, 0) is 48.9 Å². The van der Waals surface area contributed by atoms with Crippen LogP contribution in [0, 0.1) is 6.92 Å². The van der Waals surface area contributed by atoms with Gasteiger partial charge < -0.3 is 10.1 Å². The second-order valence-electron chi connectivity index (χ2n) is 6.93. The lowest BCUT2D eigenvalue weighted by Gasteiger charge is -2.11. The number of nitrogens with one attached hydrogen (secondary N) is 1. The molecule has 34 heavy (non-hydrogen) atoms. The number of halogens is 3. The van der Waals surface area contributed by atoms with Crippen LogP contribution in [0.15, 0.2) is 72.1 Å². The third-order valence-corrected chi connectivity index (χ3v) is 5.45. The molecule has 0 radical (unpaired) electrons. The Morgan fingerprint density at radius 1 is 1.06 bits per heavy atom. The lowest BCUT2D eigenvalue weighted by atomic mass is 10.2. The number of alkyl halides is 3. The van der Waals surface area contributed by atoms with E-state index in [1.807, 2.05) is 19.1 Å². The van der Waals surface area contributed by atoms with Gasteiger partial charge in [-0.1, -0.05) is 35.2 Å². The molecule has 8 nitrogen and oxygen atoms in total. The second kappa shape index (κ2) is 9.91. The highest BCUT2D eigenvalue weighted by molar-refractivity contribution is 7.98. The van der Waals surface area contributed by atoms with Gasteiger partial charge in [0.15, 0.2) is 10.9 Å². The molecular formula is C22H17F3N6O2S. The molecule has 1 amide bonds. The molecule has 174 valence electrons. The number of hydrogen-bond donors (Lipinski definition) is 1. The standard InChI is InChI=1S/C22H17F3N6O2S/c1-14-5-2-3-6-17(14)28-20(32)19-18(13-34-21-26-11-4-12-27-21)31(30-29-19)15-7-9-16(10-8-15)33-22(23,24)25/h2-12H,13H2,1H3,(H,28,32). The molecule has 0 aliphatic rings. The number of nitrogens with zero attached hydrogens (tertiary/aromatic N) is 5. The van der Waals surface area contributed by atoms with Gasteiger partial charge in [0.1, 0.15) is 5.75 Å². The fourth-order valence-corrected chi connectivity index (χ4v) is 3.79. The van der Waals surface area contributed by atoms with Crippen molar-refractivity contribution in [1.82, 2.24) is 25.0 Å². The van der Waals surface area contributed by atoms with Gasteiger partial charge in [0.2, 0.25) is 0 Å². The molecule has 0 atom stereocenters. The maximum Gasteiger partial charge on any atom is 0.573 e. The quantitative estimate of drug-likeness (QED) is 0.296. The minimum atomic E-state index is -4.80. The number of carbonyl (C=O) groups excluding carboxylic acids is 1. The number of hydrogen-bond acceptors (Lipinski definition) is 7. The highest BCUT2D eigenvalue weighted by atomic mass is 32.2. The molecular weight excluding hydrogens is 469 g/mol. The smallest absolute Gasteiger partial charge is 0.406 e. The molecule has 0 fully saturated rings. The van der Waals surface area contributed by atoms with Gasteiger partial charge in [-0.3, -0.25) is 4.79 Å². The molecule has 1 N–H and O–H groups in total. The average molecular weight is 486 g/mol. The number of amides is 1. The lowest BCUT2D eigenvalue weighted by Crippen LogP contribution is -2.17. The lowest BCUT2D eigenvalue weighted by molar-refractivity contribution is -0.274. The van der Waals surface area contributed by atoms with Crippen molar-refractivity contribution in [2.24, 2.45) is 0 Å². The largest absolute Gasteiger partial charge is 0.573 e. The molecule has 2 aromatic carbocycles. The van der Waals surface area contributed by atoms with Crippen molar-refractivity contribution in [3.63, 3.8) is 0 Å². The summed E-state index contributed by atoms with van der Waals surface area (Å²) >= 11 is 1.26. The normalized spacial score (nSPS) is 11.3. The molecule has 0 bridgehead atoms. The SMILES string of the molecule is Cc1ccccc1NC(=O)c1nnn(-c2ccc(OC(F)(F)F)cc2)c1CSc1ncccn1. The summed E-state index contributed by atoms with van der Waals surface area (Å²) in [4.78, 5) is 21.4. The van der Waals surface area contributed by atoms with Crippen molar-refractivity contribution in [1.29, 1.82) is 0 Å². The zero-order valence-corrected chi connectivity index (χ0v) is 18.5. The molecule has 4 rings (SSSR count). The Labute approximate surface area is 196 Å². The van der Waals surface area contributed by atoms with Crippen molar-refractivity contribution in [3.05, 3.63) is 83.9 Å². The predicted octanol–water partition coefficient (Wildman–Crippen LogP) is 4.81. The van der Waals surface area contributed by atoms with Crippen LogP contribution in [0.25, 0.3) is 5.69 Å². The van der Waals surface area contributed by atoms with E-state index in [1.54, 1.807) is 30.6 Å². The molecule has 0 unspecified atom stereocenters. The molecule has 0 aliphatic carbocycles. The van der Waals surface area contributed by atoms with Crippen LogP contribution in [0.2, 0.25) is 0 Å². The molecule has 0 aliphatic heterocycles. The summed E-state index contributed by atoms with van der Waals surface area (Å²) in [5, 5.41) is 11.4. The summed E-state index contributed by atoms with van der Waals surface area (Å²) in [5.74, 6) is -0.612. The molecule has 0 saturated heterocycles. The Morgan fingerprint density at radius 2 is 1.76 bits per heavy atom. The zero-order valence-electron chi connectivity index (χ0n) is 17.7. The number of thioether (sulfide) groups is 1. The first kappa shape index (κ1) is 23.2. The maximum atomic E-state index is 13.0. The highest BCUT2D eigenvalue weighted by Gasteiger charge is 2.31. The average Bonchev–Trinajstić information content (AvgIpc) is 3.23. The van der Waals surface area contributed by atoms with Gasteiger partial charge in [-0.2, -0.15) is 0 Å². The molecule has 2 heterocycles. The van der Waals surface area contributed by atoms with Crippen LogP contribution in [0.5, 0.6) is 5.75 Å². The van der Waals surface area contributed by atoms with Crippen molar-refractivity contribution in [3.8, 4) is 11.4 Å². The number of rotatable bonds is 7. The molecule has 0 spiro atoms. The van der Waals surface area contributed by atoms with Gasteiger partial charge >= 0.3 is 6.36 Å². The molecule has 12 heteroatoms.